The van der Waals surface area contributed by atoms with Gasteiger partial charge >= 0.3 is 0 Å². The first-order valence-electron chi connectivity index (χ1n) is 20.5. The van der Waals surface area contributed by atoms with Crippen molar-refractivity contribution >= 4 is 81.2 Å². The summed E-state index contributed by atoms with van der Waals surface area (Å²) in [4.78, 5) is 0. The number of nitrogens with zero attached hydrogens (tertiary/aromatic N) is 1. The van der Waals surface area contributed by atoms with Gasteiger partial charge in [0, 0.05) is 21.5 Å². The van der Waals surface area contributed by atoms with Crippen molar-refractivity contribution in [3.63, 3.8) is 0 Å². The number of aromatic nitrogens is 1. The average Bonchev–Trinajstić information content (AvgIpc) is 3.83. The van der Waals surface area contributed by atoms with Crippen molar-refractivity contribution in [2.45, 2.75) is 0 Å². The Kier molecular flexibility index (Phi) is 6.79. The first-order chi connectivity index (χ1) is 29.3. The van der Waals surface area contributed by atoms with Crippen molar-refractivity contribution in [1.29, 1.82) is 0 Å². The standard InChI is InChI=1S/C58H35N/c1-2-14-36(15-3-1)41-23-11-25-44-43(41)24-12-26-47(44)57-49-21-7-6-20-48(49)56(53-34-38(30-33-50(53)57)42-22-10-17-37-16-4-5-18-40(37)42)39-31-32-46-52-28-13-27-51-45-19-8-9-29-54(45)59(58(51)52)55(46)35-39/h1-35H. The highest BCUT2D eigenvalue weighted by molar-refractivity contribution is 6.27. The van der Waals surface area contributed by atoms with Gasteiger partial charge in [0.2, 0.25) is 0 Å². The second-order valence-electron chi connectivity index (χ2n) is 15.9. The molecule has 13 rings (SSSR count). The van der Waals surface area contributed by atoms with Gasteiger partial charge < -0.3 is 4.40 Å². The van der Waals surface area contributed by atoms with Crippen LogP contribution in [0.3, 0.4) is 0 Å². The largest absolute Gasteiger partial charge is 0.308 e. The third-order valence-corrected chi connectivity index (χ3v) is 12.9. The smallest absolute Gasteiger partial charge is 0.0620 e. The number of fused-ring (bicyclic) bond motifs is 10. The van der Waals surface area contributed by atoms with Crippen LogP contribution in [0.2, 0.25) is 0 Å². The zero-order chi connectivity index (χ0) is 38.6. The highest BCUT2D eigenvalue weighted by atomic mass is 14.9. The van der Waals surface area contributed by atoms with Crippen LogP contribution in [-0.2, 0) is 0 Å². The van der Waals surface area contributed by atoms with Crippen LogP contribution in [-0.4, -0.2) is 4.40 Å². The molecule has 0 radical (unpaired) electrons. The zero-order valence-electron chi connectivity index (χ0n) is 32.2. The average molecular weight is 746 g/mol. The topological polar surface area (TPSA) is 4.41 Å². The molecule has 0 fully saturated rings. The van der Waals surface area contributed by atoms with Gasteiger partial charge in [-0.1, -0.05) is 194 Å². The van der Waals surface area contributed by atoms with Gasteiger partial charge in [-0.25, -0.2) is 0 Å². The molecule has 1 heteroatoms. The van der Waals surface area contributed by atoms with Crippen LogP contribution in [0.4, 0.5) is 0 Å². The zero-order valence-corrected chi connectivity index (χ0v) is 32.2. The Bertz CT molecular complexity index is 3830. The molecule has 0 unspecified atom stereocenters. The van der Waals surface area contributed by atoms with Gasteiger partial charge in [-0.3, -0.25) is 0 Å². The molecule has 0 aliphatic heterocycles. The van der Waals surface area contributed by atoms with Crippen LogP contribution in [0.5, 0.6) is 0 Å². The Morgan fingerprint density at radius 2 is 0.746 bits per heavy atom. The predicted molar refractivity (Wildman–Crippen MR) is 253 cm³/mol. The van der Waals surface area contributed by atoms with E-state index in [1.54, 1.807) is 0 Å². The fourth-order valence-electron chi connectivity index (χ4n) is 10.4. The van der Waals surface area contributed by atoms with Gasteiger partial charge in [-0.15, -0.1) is 0 Å². The maximum Gasteiger partial charge on any atom is 0.0620 e. The summed E-state index contributed by atoms with van der Waals surface area (Å²) in [6, 6.07) is 78.9. The Labute approximate surface area is 341 Å². The highest BCUT2D eigenvalue weighted by Gasteiger charge is 2.22. The summed E-state index contributed by atoms with van der Waals surface area (Å²) in [6.07, 6.45) is 0. The lowest BCUT2D eigenvalue weighted by atomic mass is 9.83. The molecule has 0 atom stereocenters. The van der Waals surface area contributed by atoms with Crippen LogP contribution in [0.25, 0.3) is 126 Å². The molecule has 2 aromatic heterocycles. The van der Waals surface area contributed by atoms with Crippen molar-refractivity contribution in [3.8, 4) is 44.5 Å². The minimum atomic E-state index is 1.22. The summed E-state index contributed by atoms with van der Waals surface area (Å²) >= 11 is 0. The minimum Gasteiger partial charge on any atom is -0.308 e. The number of hydrogen-bond acceptors (Lipinski definition) is 0. The Morgan fingerprint density at radius 1 is 0.237 bits per heavy atom. The van der Waals surface area contributed by atoms with E-state index >= 15 is 0 Å². The van der Waals surface area contributed by atoms with Crippen LogP contribution in [0.1, 0.15) is 0 Å². The van der Waals surface area contributed by atoms with Crippen molar-refractivity contribution in [2.75, 3.05) is 0 Å². The quantitative estimate of drug-likeness (QED) is 0.158. The normalized spacial score (nSPS) is 12.1. The summed E-state index contributed by atoms with van der Waals surface area (Å²) < 4.78 is 2.50. The van der Waals surface area contributed by atoms with E-state index in [-0.39, 0.29) is 0 Å². The molecule has 0 aliphatic rings. The summed E-state index contributed by atoms with van der Waals surface area (Å²) in [6.45, 7) is 0. The minimum absolute atomic E-state index is 1.22. The van der Waals surface area contributed by atoms with Crippen LogP contribution >= 0.6 is 0 Å². The second kappa shape index (κ2) is 12.4. The lowest BCUT2D eigenvalue weighted by Gasteiger charge is -2.20. The molecule has 13 aromatic rings. The molecule has 11 aromatic carbocycles. The molecular formula is C58H35N. The molecule has 0 aliphatic carbocycles. The molecule has 0 saturated carbocycles. The van der Waals surface area contributed by atoms with Crippen molar-refractivity contribution in [3.05, 3.63) is 212 Å². The van der Waals surface area contributed by atoms with E-state index in [1.807, 2.05) is 0 Å². The summed E-state index contributed by atoms with van der Waals surface area (Å²) in [5.74, 6) is 0. The number of rotatable bonds is 4. The van der Waals surface area contributed by atoms with Crippen molar-refractivity contribution < 1.29 is 0 Å². The fourth-order valence-corrected chi connectivity index (χ4v) is 10.4. The van der Waals surface area contributed by atoms with Gasteiger partial charge in [0.15, 0.2) is 0 Å². The van der Waals surface area contributed by atoms with Gasteiger partial charge in [0.25, 0.3) is 0 Å². The van der Waals surface area contributed by atoms with E-state index in [4.69, 9.17) is 0 Å². The highest BCUT2D eigenvalue weighted by Crippen LogP contribution is 2.48. The molecule has 1 nitrogen and oxygen atoms in total. The van der Waals surface area contributed by atoms with Crippen molar-refractivity contribution in [1.82, 2.24) is 4.40 Å². The number of para-hydroxylation sites is 2. The molecule has 0 bridgehead atoms. The van der Waals surface area contributed by atoms with E-state index in [1.165, 1.54) is 126 Å². The number of hydrogen-bond donors (Lipinski definition) is 0. The van der Waals surface area contributed by atoms with E-state index in [9.17, 15) is 0 Å². The SMILES string of the molecule is c1ccc(-c2cccc3c(-c4c5ccccc5c(-c5ccc6c7cccc8c9ccccc9n(c6c5)c87)c5cc(-c6cccc7ccccc67)ccc45)cccc23)cc1. The van der Waals surface area contributed by atoms with Gasteiger partial charge in [-0.2, -0.15) is 0 Å². The maximum absolute atomic E-state index is 2.50. The van der Waals surface area contributed by atoms with E-state index in [0.29, 0.717) is 0 Å². The number of benzene rings is 11. The molecule has 2 heterocycles. The summed E-state index contributed by atoms with van der Waals surface area (Å²) in [5, 5.41) is 15.2. The predicted octanol–water partition coefficient (Wildman–Crippen LogP) is 16.1. The van der Waals surface area contributed by atoms with Gasteiger partial charge in [0.1, 0.15) is 0 Å². The molecule has 0 amide bonds. The molecule has 0 spiro atoms. The van der Waals surface area contributed by atoms with Crippen molar-refractivity contribution in [2.24, 2.45) is 0 Å². The Hall–Kier alpha value is -7.74. The van der Waals surface area contributed by atoms with Gasteiger partial charge in [-0.05, 0) is 106 Å². The Morgan fingerprint density at radius 3 is 1.56 bits per heavy atom. The summed E-state index contributed by atoms with van der Waals surface area (Å²) in [7, 11) is 0. The third kappa shape index (κ3) is 4.62. The first-order valence-corrected chi connectivity index (χ1v) is 20.5. The third-order valence-electron chi connectivity index (χ3n) is 12.9. The van der Waals surface area contributed by atoms with E-state index < -0.39 is 0 Å². The van der Waals surface area contributed by atoms with Crippen LogP contribution < -0.4 is 0 Å². The lowest BCUT2D eigenvalue weighted by molar-refractivity contribution is 1.37. The van der Waals surface area contributed by atoms with E-state index in [0.717, 1.165) is 0 Å². The maximum atomic E-state index is 2.50. The second-order valence-corrected chi connectivity index (χ2v) is 15.9. The van der Waals surface area contributed by atoms with Crippen LogP contribution in [0.15, 0.2) is 212 Å². The van der Waals surface area contributed by atoms with Gasteiger partial charge in [0.05, 0.1) is 16.6 Å². The van der Waals surface area contributed by atoms with Crippen LogP contribution in [0, 0.1) is 0 Å². The lowest BCUT2D eigenvalue weighted by Crippen LogP contribution is -1.93. The molecule has 0 saturated heterocycles. The Balaban J connectivity index is 1.16. The van der Waals surface area contributed by atoms with E-state index in [2.05, 4.69) is 217 Å². The molecule has 59 heavy (non-hydrogen) atoms. The molecule has 272 valence electrons. The molecular weight excluding hydrogens is 711 g/mol. The molecule has 0 N–H and O–H groups in total. The summed E-state index contributed by atoms with van der Waals surface area (Å²) in [5.41, 5.74) is 13.7. The monoisotopic (exact) mass is 745 g/mol. The first kappa shape index (κ1) is 32.4. The fraction of sp³-hybridized carbons (Fsp3) is 0.